The van der Waals surface area contributed by atoms with Gasteiger partial charge in [-0.1, -0.05) is 49.4 Å². The van der Waals surface area contributed by atoms with Gasteiger partial charge in [0.2, 0.25) is 0 Å². The predicted molar refractivity (Wildman–Crippen MR) is 70.8 cm³/mol. The van der Waals surface area contributed by atoms with Crippen molar-refractivity contribution in [1.29, 1.82) is 0 Å². The molecular weight excluding hydrogens is 194 g/mol. The maximum absolute atomic E-state index is 3.36. The molecule has 0 heterocycles. The smallest absolute Gasteiger partial charge is 0.0102 e. The van der Waals surface area contributed by atoms with Crippen molar-refractivity contribution in [2.45, 2.75) is 25.8 Å². The van der Waals surface area contributed by atoms with E-state index in [1.54, 1.807) is 0 Å². The van der Waals surface area contributed by atoms with E-state index in [9.17, 15) is 0 Å². The highest BCUT2D eigenvalue weighted by Gasteiger charge is 2.06. The monoisotopic (exact) mass is 213 g/mol. The van der Waals surface area contributed by atoms with E-state index in [0.717, 1.165) is 6.42 Å². The van der Waals surface area contributed by atoms with Crippen molar-refractivity contribution in [1.82, 2.24) is 5.32 Å². The molecule has 1 heteroatoms. The normalized spacial score (nSPS) is 12.9. The van der Waals surface area contributed by atoms with Gasteiger partial charge in [0.25, 0.3) is 0 Å². The highest BCUT2D eigenvalue weighted by Crippen LogP contribution is 2.20. The predicted octanol–water partition coefficient (Wildman–Crippen LogP) is 3.38. The fourth-order valence-electron chi connectivity index (χ4n) is 2.19. The van der Waals surface area contributed by atoms with E-state index in [1.807, 2.05) is 7.05 Å². The van der Waals surface area contributed by atoms with Gasteiger partial charge >= 0.3 is 0 Å². The van der Waals surface area contributed by atoms with E-state index in [-0.39, 0.29) is 0 Å². The van der Waals surface area contributed by atoms with Gasteiger partial charge in [0.15, 0.2) is 0 Å². The minimum Gasteiger partial charge on any atom is -0.317 e. The van der Waals surface area contributed by atoms with Gasteiger partial charge in [-0.25, -0.2) is 0 Å². The summed E-state index contributed by atoms with van der Waals surface area (Å²) in [6, 6.07) is 15.8. The van der Waals surface area contributed by atoms with Crippen LogP contribution in [0.5, 0.6) is 0 Å². The quantitative estimate of drug-likeness (QED) is 0.821. The Balaban J connectivity index is 2.36. The molecule has 0 amide bonds. The van der Waals surface area contributed by atoms with Gasteiger partial charge in [0.1, 0.15) is 0 Å². The van der Waals surface area contributed by atoms with E-state index in [1.165, 1.54) is 22.8 Å². The molecule has 2 aromatic rings. The molecular formula is C15H19N. The van der Waals surface area contributed by atoms with Crippen LogP contribution in [0.4, 0.5) is 0 Å². The van der Waals surface area contributed by atoms with Gasteiger partial charge in [-0.3, -0.25) is 0 Å². The second-order valence-electron chi connectivity index (χ2n) is 4.24. The number of nitrogens with one attached hydrogen (secondary N) is 1. The van der Waals surface area contributed by atoms with Crippen LogP contribution >= 0.6 is 0 Å². The lowest BCUT2D eigenvalue weighted by Gasteiger charge is -2.15. The van der Waals surface area contributed by atoms with Crippen LogP contribution in [0.25, 0.3) is 10.8 Å². The summed E-state index contributed by atoms with van der Waals surface area (Å²) >= 11 is 0. The van der Waals surface area contributed by atoms with Crippen molar-refractivity contribution in [3.8, 4) is 0 Å². The first-order chi connectivity index (χ1) is 7.85. The number of fused-ring (bicyclic) bond motifs is 1. The minimum atomic E-state index is 0.575. The fraction of sp³-hybridized carbons (Fsp3) is 0.333. The maximum Gasteiger partial charge on any atom is 0.0102 e. The van der Waals surface area contributed by atoms with E-state index in [0.29, 0.717) is 6.04 Å². The third-order valence-corrected chi connectivity index (χ3v) is 3.25. The zero-order valence-corrected chi connectivity index (χ0v) is 10.0. The largest absolute Gasteiger partial charge is 0.317 e. The summed E-state index contributed by atoms with van der Waals surface area (Å²) < 4.78 is 0. The molecule has 0 spiro atoms. The standard InChI is InChI=1S/C15H19N/c1-3-14(16-2)11-13-9-6-8-12-7-4-5-10-15(12)13/h4-10,14,16H,3,11H2,1-2H3/t14-/m1/s1. The third kappa shape index (κ3) is 2.25. The Kier molecular flexibility index (Phi) is 3.58. The Morgan fingerprint density at radius 1 is 1.06 bits per heavy atom. The SMILES string of the molecule is CC[C@H](Cc1cccc2ccccc12)NC. The first kappa shape index (κ1) is 11.2. The molecule has 0 aliphatic heterocycles. The van der Waals surface area contributed by atoms with Crippen molar-refractivity contribution >= 4 is 10.8 Å². The molecule has 1 nitrogen and oxygen atoms in total. The Labute approximate surface area is 97.5 Å². The lowest BCUT2D eigenvalue weighted by Crippen LogP contribution is -2.26. The molecule has 0 aromatic heterocycles. The molecule has 0 aliphatic carbocycles. The zero-order chi connectivity index (χ0) is 11.4. The topological polar surface area (TPSA) is 12.0 Å². The maximum atomic E-state index is 3.36. The average molecular weight is 213 g/mol. The number of hydrogen-bond donors (Lipinski definition) is 1. The molecule has 1 N–H and O–H groups in total. The molecule has 0 saturated carbocycles. The lowest BCUT2D eigenvalue weighted by atomic mass is 9.98. The van der Waals surface area contributed by atoms with E-state index < -0.39 is 0 Å². The van der Waals surface area contributed by atoms with Gasteiger partial charge in [0.05, 0.1) is 0 Å². The Morgan fingerprint density at radius 2 is 1.81 bits per heavy atom. The molecule has 0 bridgehead atoms. The fourth-order valence-corrected chi connectivity index (χ4v) is 2.19. The summed E-state index contributed by atoms with van der Waals surface area (Å²) in [5.74, 6) is 0. The molecule has 84 valence electrons. The Bertz CT molecular complexity index is 452. The zero-order valence-electron chi connectivity index (χ0n) is 10.0. The molecule has 2 rings (SSSR count). The van der Waals surface area contributed by atoms with Gasteiger partial charge in [0, 0.05) is 6.04 Å². The second-order valence-corrected chi connectivity index (χ2v) is 4.24. The van der Waals surface area contributed by atoms with E-state index in [2.05, 4.69) is 54.7 Å². The third-order valence-electron chi connectivity index (χ3n) is 3.25. The summed E-state index contributed by atoms with van der Waals surface area (Å²) in [5.41, 5.74) is 1.44. The highest BCUT2D eigenvalue weighted by molar-refractivity contribution is 5.85. The Hall–Kier alpha value is -1.34. The van der Waals surface area contributed by atoms with Crippen molar-refractivity contribution in [2.24, 2.45) is 0 Å². The summed E-state index contributed by atoms with van der Waals surface area (Å²) in [5, 5.41) is 6.09. The van der Waals surface area contributed by atoms with Crippen LogP contribution in [-0.2, 0) is 6.42 Å². The van der Waals surface area contributed by atoms with Crippen LogP contribution in [0.2, 0.25) is 0 Å². The summed E-state index contributed by atoms with van der Waals surface area (Å²) in [6.45, 7) is 2.23. The first-order valence-electron chi connectivity index (χ1n) is 5.99. The Morgan fingerprint density at radius 3 is 2.56 bits per heavy atom. The van der Waals surface area contributed by atoms with E-state index in [4.69, 9.17) is 0 Å². The molecule has 1 atom stereocenters. The van der Waals surface area contributed by atoms with Crippen LogP contribution in [0.15, 0.2) is 42.5 Å². The minimum absolute atomic E-state index is 0.575. The molecule has 0 fully saturated rings. The highest BCUT2D eigenvalue weighted by atomic mass is 14.9. The molecule has 0 aliphatic rings. The number of likely N-dealkylation sites (N-methyl/N-ethyl adjacent to an activating group) is 1. The lowest BCUT2D eigenvalue weighted by molar-refractivity contribution is 0.545. The number of benzene rings is 2. The number of rotatable bonds is 4. The number of hydrogen-bond acceptors (Lipinski definition) is 1. The summed E-state index contributed by atoms with van der Waals surface area (Å²) in [4.78, 5) is 0. The first-order valence-corrected chi connectivity index (χ1v) is 5.99. The van der Waals surface area contributed by atoms with Gasteiger partial charge in [-0.05, 0) is 36.2 Å². The molecule has 16 heavy (non-hydrogen) atoms. The van der Waals surface area contributed by atoms with Crippen molar-refractivity contribution in [2.75, 3.05) is 7.05 Å². The van der Waals surface area contributed by atoms with Crippen LogP contribution in [0.3, 0.4) is 0 Å². The van der Waals surface area contributed by atoms with Crippen LogP contribution in [0, 0.1) is 0 Å². The molecule has 0 unspecified atom stereocenters. The summed E-state index contributed by atoms with van der Waals surface area (Å²) in [7, 11) is 2.04. The van der Waals surface area contributed by atoms with Crippen molar-refractivity contribution in [3.05, 3.63) is 48.0 Å². The van der Waals surface area contributed by atoms with Crippen molar-refractivity contribution < 1.29 is 0 Å². The van der Waals surface area contributed by atoms with Crippen LogP contribution in [-0.4, -0.2) is 13.1 Å². The van der Waals surface area contributed by atoms with E-state index >= 15 is 0 Å². The van der Waals surface area contributed by atoms with Gasteiger partial charge < -0.3 is 5.32 Å². The average Bonchev–Trinajstić information content (AvgIpc) is 2.36. The molecule has 2 aromatic carbocycles. The summed E-state index contributed by atoms with van der Waals surface area (Å²) in [6.07, 6.45) is 2.27. The van der Waals surface area contributed by atoms with Crippen molar-refractivity contribution in [3.63, 3.8) is 0 Å². The van der Waals surface area contributed by atoms with Gasteiger partial charge in [-0.15, -0.1) is 0 Å². The van der Waals surface area contributed by atoms with Crippen LogP contribution in [0.1, 0.15) is 18.9 Å². The molecule has 0 radical (unpaired) electrons. The van der Waals surface area contributed by atoms with Gasteiger partial charge in [-0.2, -0.15) is 0 Å². The second kappa shape index (κ2) is 5.13. The van der Waals surface area contributed by atoms with Crippen LogP contribution < -0.4 is 5.32 Å². The molecule has 0 saturated heterocycles.